The Labute approximate surface area is 126 Å². The fourth-order valence-electron chi connectivity index (χ4n) is 2.69. The molecule has 0 saturated heterocycles. The number of aromatic nitrogens is 1. The monoisotopic (exact) mass is 301 g/mol. The molecule has 1 atom stereocenters. The van der Waals surface area contributed by atoms with Crippen molar-refractivity contribution in [3.63, 3.8) is 0 Å². The van der Waals surface area contributed by atoms with Gasteiger partial charge in [-0.3, -0.25) is 10.1 Å². The summed E-state index contributed by atoms with van der Waals surface area (Å²) in [4.78, 5) is 18.1. The van der Waals surface area contributed by atoms with Crippen LogP contribution in [0.5, 0.6) is 5.75 Å². The standard InChI is InChI=1S/C15H15N3O2S/c19-14(18-15-17-10-5-3-7-13(10)21-15)12-8-16-9-4-1-2-6-11(9)20-12/h1-2,4,6,12,16H,3,5,7-8H2,(H,17,18,19). The van der Waals surface area contributed by atoms with Gasteiger partial charge in [-0.1, -0.05) is 12.1 Å². The third-order valence-corrected chi connectivity index (χ3v) is 4.83. The summed E-state index contributed by atoms with van der Waals surface area (Å²) in [7, 11) is 0. The number of amides is 1. The summed E-state index contributed by atoms with van der Waals surface area (Å²) in [5, 5.41) is 6.78. The lowest BCUT2D eigenvalue weighted by Gasteiger charge is -2.26. The Morgan fingerprint density at radius 1 is 1.38 bits per heavy atom. The van der Waals surface area contributed by atoms with Crippen LogP contribution < -0.4 is 15.4 Å². The first-order valence-electron chi connectivity index (χ1n) is 7.08. The van der Waals surface area contributed by atoms with Crippen molar-refractivity contribution in [3.8, 4) is 5.75 Å². The number of anilines is 2. The molecule has 1 amide bonds. The van der Waals surface area contributed by atoms with Crippen LogP contribution in [0.3, 0.4) is 0 Å². The Hall–Kier alpha value is -2.08. The average Bonchev–Trinajstić information content (AvgIpc) is 3.08. The summed E-state index contributed by atoms with van der Waals surface area (Å²) in [6.07, 6.45) is 2.75. The molecule has 6 heteroatoms. The molecule has 108 valence electrons. The Bertz CT molecular complexity index is 676. The zero-order valence-corrected chi connectivity index (χ0v) is 12.2. The van der Waals surface area contributed by atoms with E-state index < -0.39 is 6.10 Å². The number of carbonyl (C=O) groups excluding carboxylic acids is 1. The molecule has 0 spiro atoms. The summed E-state index contributed by atoms with van der Waals surface area (Å²) in [5.41, 5.74) is 2.07. The zero-order valence-electron chi connectivity index (χ0n) is 11.4. The van der Waals surface area contributed by atoms with Crippen molar-refractivity contribution in [2.45, 2.75) is 25.4 Å². The lowest BCUT2D eigenvalue weighted by atomic mass is 10.2. The van der Waals surface area contributed by atoms with Crippen LogP contribution in [0.15, 0.2) is 24.3 Å². The van der Waals surface area contributed by atoms with E-state index in [1.165, 1.54) is 11.3 Å². The molecule has 1 aliphatic heterocycles. The normalized spacial score (nSPS) is 19.1. The van der Waals surface area contributed by atoms with E-state index in [4.69, 9.17) is 4.74 Å². The average molecular weight is 301 g/mol. The van der Waals surface area contributed by atoms with Gasteiger partial charge in [-0.05, 0) is 31.4 Å². The molecule has 21 heavy (non-hydrogen) atoms. The zero-order chi connectivity index (χ0) is 14.2. The van der Waals surface area contributed by atoms with Crippen LogP contribution in [-0.4, -0.2) is 23.5 Å². The summed E-state index contributed by atoms with van der Waals surface area (Å²) < 4.78 is 5.75. The van der Waals surface area contributed by atoms with E-state index in [9.17, 15) is 4.79 Å². The number of rotatable bonds is 2. The van der Waals surface area contributed by atoms with Gasteiger partial charge in [-0.25, -0.2) is 4.98 Å². The Morgan fingerprint density at radius 2 is 2.29 bits per heavy atom. The first-order valence-corrected chi connectivity index (χ1v) is 7.90. The molecule has 1 aromatic carbocycles. The fraction of sp³-hybridized carbons (Fsp3) is 0.333. The molecule has 1 aromatic heterocycles. The predicted molar refractivity (Wildman–Crippen MR) is 82.1 cm³/mol. The first-order chi connectivity index (χ1) is 10.3. The molecule has 5 nitrogen and oxygen atoms in total. The second-order valence-corrected chi connectivity index (χ2v) is 6.30. The molecule has 1 aliphatic carbocycles. The van der Waals surface area contributed by atoms with Crippen LogP contribution in [0.25, 0.3) is 0 Å². The van der Waals surface area contributed by atoms with Crippen molar-refractivity contribution in [3.05, 3.63) is 34.8 Å². The third-order valence-electron chi connectivity index (χ3n) is 3.75. The number of benzene rings is 1. The molecule has 2 aliphatic rings. The van der Waals surface area contributed by atoms with Crippen LogP contribution in [-0.2, 0) is 17.6 Å². The largest absolute Gasteiger partial charge is 0.477 e. The van der Waals surface area contributed by atoms with Gasteiger partial charge in [0.25, 0.3) is 5.91 Å². The Kier molecular flexibility index (Phi) is 3.03. The number of nitrogens with zero attached hydrogens (tertiary/aromatic N) is 1. The minimum absolute atomic E-state index is 0.149. The van der Waals surface area contributed by atoms with Gasteiger partial charge in [0.05, 0.1) is 17.9 Å². The maximum Gasteiger partial charge on any atom is 0.269 e. The van der Waals surface area contributed by atoms with Crippen LogP contribution in [0, 0.1) is 0 Å². The number of para-hydroxylation sites is 2. The van der Waals surface area contributed by atoms with Crippen LogP contribution in [0.2, 0.25) is 0 Å². The van der Waals surface area contributed by atoms with E-state index in [1.807, 2.05) is 24.3 Å². The molecule has 4 rings (SSSR count). The maximum absolute atomic E-state index is 12.3. The maximum atomic E-state index is 12.3. The highest BCUT2D eigenvalue weighted by molar-refractivity contribution is 7.15. The minimum atomic E-state index is -0.529. The molecular formula is C15H15N3O2S. The molecule has 0 bridgehead atoms. The van der Waals surface area contributed by atoms with Crippen molar-refractivity contribution in [1.82, 2.24) is 4.98 Å². The van der Waals surface area contributed by atoms with Gasteiger partial charge in [-0.15, -0.1) is 11.3 Å². The lowest BCUT2D eigenvalue weighted by molar-refractivity contribution is -0.122. The van der Waals surface area contributed by atoms with Gasteiger partial charge >= 0.3 is 0 Å². The highest BCUT2D eigenvalue weighted by atomic mass is 32.1. The molecule has 2 N–H and O–H groups in total. The number of thiazole rings is 1. The van der Waals surface area contributed by atoms with Gasteiger partial charge in [0.15, 0.2) is 11.2 Å². The predicted octanol–water partition coefficient (Wildman–Crippen LogP) is 2.44. The smallest absolute Gasteiger partial charge is 0.269 e. The van der Waals surface area contributed by atoms with Crippen molar-refractivity contribution in [2.75, 3.05) is 17.2 Å². The van der Waals surface area contributed by atoms with Gasteiger partial charge in [0, 0.05) is 4.88 Å². The van der Waals surface area contributed by atoms with E-state index in [0.717, 1.165) is 24.2 Å². The number of fused-ring (bicyclic) bond motifs is 2. The second-order valence-electron chi connectivity index (χ2n) is 5.22. The minimum Gasteiger partial charge on any atom is -0.477 e. The number of carbonyl (C=O) groups is 1. The molecular weight excluding hydrogens is 286 g/mol. The Balaban J connectivity index is 1.46. The Morgan fingerprint density at radius 3 is 3.19 bits per heavy atom. The number of ether oxygens (including phenoxy) is 1. The topological polar surface area (TPSA) is 63.2 Å². The van der Waals surface area contributed by atoms with Crippen LogP contribution in [0.1, 0.15) is 17.0 Å². The van der Waals surface area contributed by atoms with Crippen molar-refractivity contribution >= 4 is 28.1 Å². The van der Waals surface area contributed by atoms with E-state index >= 15 is 0 Å². The molecule has 0 radical (unpaired) electrons. The first kappa shape index (κ1) is 12.6. The summed E-state index contributed by atoms with van der Waals surface area (Å²) >= 11 is 1.58. The number of aryl methyl sites for hydroxylation is 2. The highest BCUT2D eigenvalue weighted by Gasteiger charge is 2.27. The van der Waals surface area contributed by atoms with Crippen LogP contribution in [0.4, 0.5) is 10.8 Å². The fourth-order valence-corrected chi connectivity index (χ4v) is 3.74. The number of nitrogens with one attached hydrogen (secondary N) is 2. The lowest BCUT2D eigenvalue weighted by Crippen LogP contribution is -2.41. The van der Waals surface area contributed by atoms with Gasteiger partial charge in [0.2, 0.25) is 0 Å². The van der Waals surface area contributed by atoms with E-state index in [2.05, 4.69) is 15.6 Å². The molecule has 0 fully saturated rings. The highest BCUT2D eigenvalue weighted by Crippen LogP contribution is 2.31. The van der Waals surface area contributed by atoms with Gasteiger partial charge in [0.1, 0.15) is 5.75 Å². The van der Waals surface area contributed by atoms with E-state index in [-0.39, 0.29) is 5.91 Å². The second kappa shape index (κ2) is 5.04. The number of hydrogen-bond acceptors (Lipinski definition) is 5. The summed E-state index contributed by atoms with van der Waals surface area (Å²) in [6.45, 7) is 0.466. The SMILES string of the molecule is O=C(Nc1nc2c(s1)CCC2)C1CNc2ccccc2O1. The van der Waals surface area contributed by atoms with E-state index in [1.54, 1.807) is 11.3 Å². The summed E-state index contributed by atoms with van der Waals surface area (Å²) in [6, 6.07) is 7.63. The van der Waals surface area contributed by atoms with Gasteiger partial charge in [-0.2, -0.15) is 0 Å². The van der Waals surface area contributed by atoms with Gasteiger partial charge < -0.3 is 10.1 Å². The molecule has 2 aromatic rings. The third kappa shape index (κ3) is 2.35. The van der Waals surface area contributed by atoms with E-state index in [0.29, 0.717) is 17.4 Å². The van der Waals surface area contributed by atoms with Crippen molar-refractivity contribution < 1.29 is 9.53 Å². The van der Waals surface area contributed by atoms with Crippen molar-refractivity contribution in [1.29, 1.82) is 0 Å². The molecule has 0 saturated carbocycles. The summed E-state index contributed by atoms with van der Waals surface area (Å²) in [5.74, 6) is 0.565. The quantitative estimate of drug-likeness (QED) is 0.894. The number of hydrogen-bond donors (Lipinski definition) is 2. The molecule has 2 heterocycles. The van der Waals surface area contributed by atoms with Crippen molar-refractivity contribution in [2.24, 2.45) is 0 Å². The van der Waals surface area contributed by atoms with Crippen LogP contribution >= 0.6 is 11.3 Å². The molecule has 1 unspecified atom stereocenters.